The Bertz CT molecular complexity index is 1290. The summed E-state index contributed by atoms with van der Waals surface area (Å²) in [5, 5.41) is 13.2. The molecule has 172 valence electrons. The highest BCUT2D eigenvalue weighted by Gasteiger charge is 2.31. The van der Waals surface area contributed by atoms with Gasteiger partial charge in [0.1, 0.15) is 6.33 Å². The molecule has 1 atom stereocenters. The van der Waals surface area contributed by atoms with E-state index in [0.717, 1.165) is 12.1 Å². The first-order chi connectivity index (χ1) is 16.3. The van der Waals surface area contributed by atoms with Gasteiger partial charge in [0.05, 0.1) is 16.8 Å². The van der Waals surface area contributed by atoms with Crippen LogP contribution in [-0.4, -0.2) is 32.1 Å². The molecule has 0 aliphatic carbocycles. The average Bonchev–Trinajstić information content (AvgIpc) is 3.38. The molecule has 0 saturated carbocycles. The largest absolute Gasteiger partial charge is 0.444 e. The van der Waals surface area contributed by atoms with Crippen LogP contribution in [0, 0.1) is 0 Å². The zero-order valence-electron chi connectivity index (χ0n) is 17.3. The van der Waals surface area contributed by atoms with E-state index in [1.54, 1.807) is 42.5 Å². The topological polar surface area (TPSA) is 99.0 Å². The van der Waals surface area contributed by atoms with E-state index in [2.05, 4.69) is 20.8 Å². The van der Waals surface area contributed by atoms with Crippen LogP contribution in [0.15, 0.2) is 85.2 Å². The first-order valence-electron chi connectivity index (χ1n) is 9.89. The highest BCUT2D eigenvalue weighted by molar-refractivity contribution is 5.98. The van der Waals surface area contributed by atoms with Crippen LogP contribution in [-0.2, 0) is 15.7 Å². The molecule has 34 heavy (non-hydrogen) atoms. The molecule has 1 amide bonds. The molecule has 4 aromatic rings. The Labute approximate surface area is 191 Å². The van der Waals surface area contributed by atoms with E-state index >= 15 is 0 Å². The summed E-state index contributed by atoms with van der Waals surface area (Å²) in [5.74, 6) is -1.63. The van der Waals surface area contributed by atoms with Gasteiger partial charge in [-0.1, -0.05) is 42.5 Å². The maximum Gasteiger partial charge on any atom is 0.416 e. The Kier molecular flexibility index (Phi) is 6.35. The van der Waals surface area contributed by atoms with Crippen molar-refractivity contribution in [2.24, 2.45) is 0 Å². The molecule has 11 heteroatoms. The summed E-state index contributed by atoms with van der Waals surface area (Å²) in [6, 6.07) is 18.5. The second-order valence-corrected chi connectivity index (χ2v) is 7.07. The third-order valence-electron chi connectivity index (χ3n) is 4.72. The molecule has 1 unspecified atom stereocenters. The number of hydrogen-bond acceptors (Lipinski definition) is 6. The maximum absolute atomic E-state index is 13.0. The Morgan fingerprint density at radius 3 is 2.41 bits per heavy atom. The van der Waals surface area contributed by atoms with Crippen molar-refractivity contribution in [2.45, 2.75) is 12.3 Å². The number of rotatable bonds is 6. The van der Waals surface area contributed by atoms with Crippen LogP contribution in [0.25, 0.3) is 5.69 Å². The van der Waals surface area contributed by atoms with Gasteiger partial charge in [-0.05, 0) is 46.8 Å². The first-order valence-corrected chi connectivity index (χ1v) is 9.89. The number of nitrogens with one attached hydrogen (secondary N) is 1. The summed E-state index contributed by atoms with van der Waals surface area (Å²) in [7, 11) is 0. The number of hydrogen-bond donors (Lipinski definition) is 1. The molecule has 8 nitrogen and oxygen atoms in total. The van der Waals surface area contributed by atoms with E-state index in [1.807, 2.05) is 0 Å². The molecular formula is C23H16F3N5O3. The molecule has 0 bridgehead atoms. The number of alkyl halides is 3. The predicted molar refractivity (Wildman–Crippen MR) is 114 cm³/mol. The number of anilines is 1. The molecule has 0 fully saturated rings. The second kappa shape index (κ2) is 9.53. The molecule has 1 heterocycles. The van der Waals surface area contributed by atoms with Gasteiger partial charge >= 0.3 is 12.1 Å². The minimum Gasteiger partial charge on any atom is -0.444 e. The van der Waals surface area contributed by atoms with E-state index < -0.39 is 29.7 Å². The number of carbonyl (C=O) groups excluding carboxylic acids is 2. The highest BCUT2D eigenvalue weighted by atomic mass is 19.4. The van der Waals surface area contributed by atoms with Gasteiger partial charge in [-0.15, -0.1) is 5.10 Å². The summed E-state index contributed by atoms with van der Waals surface area (Å²) < 4.78 is 45.9. The third-order valence-corrected chi connectivity index (χ3v) is 4.72. The fourth-order valence-corrected chi connectivity index (χ4v) is 3.11. The average molecular weight is 467 g/mol. The Morgan fingerprint density at radius 1 is 0.941 bits per heavy atom. The van der Waals surface area contributed by atoms with Gasteiger partial charge in [0.2, 0.25) is 6.10 Å². The summed E-state index contributed by atoms with van der Waals surface area (Å²) in [6.07, 6.45) is -4.64. The van der Waals surface area contributed by atoms with Crippen molar-refractivity contribution >= 4 is 17.6 Å². The van der Waals surface area contributed by atoms with E-state index in [4.69, 9.17) is 4.74 Å². The number of carbonyl (C=O) groups is 2. The Morgan fingerprint density at radius 2 is 1.71 bits per heavy atom. The zero-order chi connectivity index (χ0) is 24.1. The summed E-state index contributed by atoms with van der Waals surface area (Å²) in [5.41, 5.74) is -0.0441. The van der Waals surface area contributed by atoms with E-state index in [0.29, 0.717) is 11.3 Å². The van der Waals surface area contributed by atoms with E-state index in [-0.39, 0.29) is 11.3 Å². The van der Waals surface area contributed by atoms with Gasteiger partial charge in [-0.25, -0.2) is 9.48 Å². The van der Waals surface area contributed by atoms with Gasteiger partial charge in [-0.2, -0.15) is 13.2 Å². The molecule has 1 aromatic heterocycles. The van der Waals surface area contributed by atoms with Crippen LogP contribution in [0.5, 0.6) is 0 Å². The molecule has 0 aliphatic heterocycles. The molecule has 0 aliphatic rings. The maximum atomic E-state index is 13.0. The van der Waals surface area contributed by atoms with Crippen LogP contribution in [0.2, 0.25) is 0 Å². The van der Waals surface area contributed by atoms with Crippen molar-refractivity contribution in [1.29, 1.82) is 0 Å². The van der Waals surface area contributed by atoms with E-state index in [9.17, 15) is 22.8 Å². The minimum atomic E-state index is -4.57. The number of esters is 1. The van der Waals surface area contributed by atoms with Crippen LogP contribution >= 0.6 is 0 Å². The van der Waals surface area contributed by atoms with Crippen molar-refractivity contribution in [3.8, 4) is 5.69 Å². The molecule has 3 aromatic carbocycles. The molecular weight excluding hydrogens is 451 g/mol. The van der Waals surface area contributed by atoms with Gasteiger partial charge in [0, 0.05) is 11.3 Å². The molecule has 0 radical (unpaired) electrons. The number of halogens is 3. The van der Waals surface area contributed by atoms with Crippen molar-refractivity contribution in [3.63, 3.8) is 0 Å². The standard InChI is InChI=1S/C23H16F3N5O3/c24-23(25,26)17-9-5-10-18(13-17)28-21(32)20(15-6-2-1-3-7-15)34-22(33)16-8-4-11-19(12-16)31-14-27-29-30-31/h1-14,20H,(H,28,32). The number of benzene rings is 3. The lowest BCUT2D eigenvalue weighted by Crippen LogP contribution is -2.26. The van der Waals surface area contributed by atoms with Crippen LogP contribution in [0.3, 0.4) is 0 Å². The van der Waals surface area contributed by atoms with Gasteiger partial charge in [0.25, 0.3) is 5.91 Å². The first kappa shape index (κ1) is 22.6. The fraction of sp³-hybridized carbons (Fsp3) is 0.0870. The quantitative estimate of drug-likeness (QED) is 0.427. The molecule has 4 rings (SSSR count). The van der Waals surface area contributed by atoms with Gasteiger partial charge in [-0.3, -0.25) is 4.79 Å². The van der Waals surface area contributed by atoms with Gasteiger partial charge < -0.3 is 10.1 Å². The lowest BCUT2D eigenvalue weighted by Gasteiger charge is -2.19. The Balaban J connectivity index is 1.58. The van der Waals surface area contributed by atoms with E-state index in [1.165, 1.54) is 35.3 Å². The smallest absolute Gasteiger partial charge is 0.416 e. The minimum absolute atomic E-state index is 0.0857. The number of aromatic nitrogens is 4. The van der Waals surface area contributed by atoms with Crippen LogP contribution < -0.4 is 5.32 Å². The number of ether oxygens (including phenoxy) is 1. The predicted octanol–water partition coefficient (Wildman–Crippen LogP) is 4.22. The summed E-state index contributed by atoms with van der Waals surface area (Å²) in [6.45, 7) is 0. The van der Waals surface area contributed by atoms with Crippen molar-refractivity contribution in [1.82, 2.24) is 20.2 Å². The van der Waals surface area contributed by atoms with Crippen LogP contribution in [0.4, 0.5) is 18.9 Å². The van der Waals surface area contributed by atoms with Crippen LogP contribution in [0.1, 0.15) is 27.6 Å². The lowest BCUT2D eigenvalue weighted by molar-refractivity contribution is -0.137. The van der Waals surface area contributed by atoms with Crippen molar-refractivity contribution < 1.29 is 27.5 Å². The normalized spacial score (nSPS) is 12.1. The number of amides is 1. The third kappa shape index (κ3) is 5.26. The lowest BCUT2D eigenvalue weighted by atomic mass is 10.1. The number of tetrazole rings is 1. The second-order valence-electron chi connectivity index (χ2n) is 7.07. The number of nitrogens with zero attached hydrogens (tertiary/aromatic N) is 4. The highest BCUT2D eigenvalue weighted by Crippen LogP contribution is 2.31. The van der Waals surface area contributed by atoms with Gasteiger partial charge in [0.15, 0.2) is 0 Å². The summed E-state index contributed by atoms with van der Waals surface area (Å²) in [4.78, 5) is 25.9. The zero-order valence-corrected chi connectivity index (χ0v) is 17.3. The molecule has 0 saturated heterocycles. The fourth-order valence-electron chi connectivity index (χ4n) is 3.11. The van der Waals surface area contributed by atoms with Crippen molar-refractivity contribution in [3.05, 3.63) is 102 Å². The SMILES string of the molecule is O=C(OC(C(=O)Nc1cccc(C(F)(F)F)c1)c1ccccc1)c1cccc(-n2cnnn2)c1. The molecule has 0 spiro atoms. The molecule has 1 N–H and O–H groups in total. The van der Waals surface area contributed by atoms with Crippen molar-refractivity contribution in [2.75, 3.05) is 5.32 Å². The summed E-state index contributed by atoms with van der Waals surface area (Å²) >= 11 is 0. The monoisotopic (exact) mass is 467 g/mol. The Hall–Kier alpha value is -4.54.